The molecule has 0 spiro atoms. The second-order valence-electron chi connectivity index (χ2n) is 8.06. The molecule has 2 aromatic heterocycles. The van der Waals surface area contributed by atoms with Gasteiger partial charge in [0.1, 0.15) is 10.6 Å². The molecule has 1 aliphatic carbocycles. The first-order valence-corrected chi connectivity index (χ1v) is 11.4. The second-order valence-corrected chi connectivity index (χ2v) is 8.83. The topological polar surface area (TPSA) is 145 Å². The van der Waals surface area contributed by atoms with Crippen molar-refractivity contribution in [2.45, 2.75) is 44.7 Å². The number of nitrogens with zero attached hydrogens (tertiary/aromatic N) is 2. The fourth-order valence-electron chi connectivity index (χ4n) is 4.07. The molecule has 0 radical (unpaired) electrons. The normalized spacial score (nSPS) is 14.7. The summed E-state index contributed by atoms with van der Waals surface area (Å²) in [4.78, 5) is 40.4. The van der Waals surface area contributed by atoms with Gasteiger partial charge in [-0.05, 0) is 61.1 Å². The van der Waals surface area contributed by atoms with Crippen molar-refractivity contribution in [1.29, 1.82) is 0 Å². The summed E-state index contributed by atoms with van der Waals surface area (Å²) < 4.78 is 9.55. The summed E-state index contributed by atoms with van der Waals surface area (Å²) in [7, 11) is 0. The van der Waals surface area contributed by atoms with Crippen molar-refractivity contribution < 1.29 is 18.8 Å². The molecule has 1 saturated carbocycles. The van der Waals surface area contributed by atoms with Crippen LogP contribution in [0, 0.1) is 6.92 Å². The lowest BCUT2D eigenvalue weighted by Gasteiger charge is -2.30. The number of hydrogen-bond acceptors (Lipinski definition) is 7. The summed E-state index contributed by atoms with van der Waals surface area (Å²) in [5.41, 5.74) is 12.5. The van der Waals surface area contributed by atoms with Crippen LogP contribution in [-0.2, 0) is 4.79 Å². The van der Waals surface area contributed by atoms with Crippen LogP contribution >= 0.6 is 11.5 Å². The summed E-state index contributed by atoms with van der Waals surface area (Å²) in [5, 5.41) is 3.07. The fraction of sp³-hybridized carbons (Fsp3) is 0.304. The number of anilines is 2. The van der Waals surface area contributed by atoms with Gasteiger partial charge in [-0.2, -0.15) is 4.37 Å². The van der Waals surface area contributed by atoms with Gasteiger partial charge < -0.3 is 21.2 Å². The maximum atomic E-state index is 13.8. The van der Waals surface area contributed by atoms with Crippen LogP contribution in [0.2, 0.25) is 0 Å². The molecule has 9 nitrogen and oxygen atoms in total. The van der Waals surface area contributed by atoms with E-state index in [2.05, 4.69) is 9.69 Å². The van der Waals surface area contributed by atoms with Gasteiger partial charge in [0.05, 0.1) is 12.0 Å². The number of aromatic nitrogens is 1. The van der Waals surface area contributed by atoms with Gasteiger partial charge in [0, 0.05) is 11.7 Å². The highest BCUT2D eigenvalue weighted by Crippen LogP contribution is 2.34. The van der Waals surface area contributed by atoms with Crippen LogP contribution in [0.3, 0.4) is 0 Å². The molecule has 0 unspecified atom stereocenters. The molecule has 4 rings (SSSR count). The molecule has 1 atom stereocenters. The van der Waals surface area contributed by atoms with Crippen LogP contribution < -0.4 is 21.7 Å². The van der Waals surface area contributed by atoms with E-state index in [0.717, 1.165) is 42.8 Å². The highest BCUT2D eigenvalue weighted by molar-refractivity contribution is 7.09. The van der Waals surface area contributed by atoms with Crippen molar-refractivity contribution in [3.8, 4) is 0 Å². The number of benzene rings is 1. The number of primary amides is 1. The maximum absolute atomic E-state index is 13.8. The smallest absolute Gasteiger partial charge is 0.273 e. The van der Waals surface area contributed by atoms with Gasteiger partial charge in [0.15, 0.2) is 11.7 Å². The Hall–Kier alpha value is -3.66. The quantitative estimate of drug-likeness (QED) is 0.487. The molecular weight excluding hydrogens is 442 g/mol. The minimum absolute atomic E-state index is 0.0236. The number of nitrogen functional groups attached to an aromatic ring is 1. The zero-order valence-electron chi connectivity index (χ0n) is 18.1. The lowest BCUT2D eigenvalue weighted by molar-refractivity contribution is -0.123. The van der Waals surface area contributed by atoms with Gasteiger partial charge >= 0.3 is 0 Å². The standard InChI is InChI=1S/C23H25N5O4S/c1-13-6-4-9-15(12-13)28(23(31)20-17(24)18(21(25)29)27-33-20)19(16-10-5-11-32-16)22(30)26-14-7-2-3-8-14/h4-6,9-12,14,19H,2-3,7-8,24H2,1H3,(H2,25,29)(H,26,30)/t19-/m1/s1. The Morgan fingerprint density at radius 3 is 2.58 bits per heavy atom. The number of nitrogens with one attached hydrogen (secondary N) is 1. The van der Waals surface area contributed by atoms with Crippen LogP contribution in [0.25, 0.3) is 0 Å². The molecule has 1 fully saturated rings. The highest BCUT2D eigenvalue weighted by Gasteiger charge is 2.38. The van der Waals surface area contributed by atoms with Crippen LogP contribution in [0.15, 0.2) is 47.1 Å². The Morgan fingerprint density at radius 2 is 1.97 bits per heavy atom. The Balaban J connectivity index is 1.81. The van der Waals surface area contributed by atoms with E-state index >= 15 is 0 Å². The lowest BCUT2D eigenvalue weighted by Crippen LogP contribution is -2.46. The molecule has 3 amide bonds. The minimum atomic E-state index is -1.09. The maximum Gasteiger partial charge on any atom is 0.273 e. The van der Waals surface area contributed by atoms with Gasteiger partial charge in [-0.1, -0.05) is 25.0 Å². The van der Waals surface area contributed by atoms with Crippen molar-refractivity contribution in [2.75, 3.05) is 10.6 Å². The van der Waals surface area contributed by atoms with Gasteiger partial charge in [0.2, 0.25) is 0 Å². The zero-order valence-corrected chi connectivity index (χ0v) is 18.9. The monoisotopic (exact) mass is 467 g/mol. The number of amides is 3. The van der Waals surface area contributed by atoms with Crippen molar-refractivity contribution >= 4 is 40.6 Å². The molecule has 1 aliphatic rings. The highest BCUT2D eigenvalue weighted by atomic mass is 32.1. The van der Waals surface area contributed by atoms with E-state index in [1.165, 1.54) is 11.2 Å². The van der Waals surface area contributed by atoms with Gasteiger partial charge in [-0.15, -0.1) is 0 Å². The number of nitrogens with two attached hydrogens (primary N) is 2. The van der Waals surface area contributed by atoms with Crippen LogP contribution in [-0.4, -0.2) is 28.1 Å². The fourth-order valence-corrected chi connectivity index (χ4v) is 4.81. The number of aryl methyl sites for hydroxylation is 1. The van der Waals surface area contributed by atoms with Crippen LogP contribution in [0.5, 0.6) is 0 Å². The molecule has 10 heteroatoms. The van der Waals surface area contributed by atoms with Crippen LogP contribution in [0.1, 0.15) is 63.2 Å². The molecule has 2 heterocycles. The Bertz CT molecular complexity index is 1170. The summed E-state index contributed by atoms with van der Waals surface area (Å²) in [6.45, 7) is 1.89. The average molecular weight is 468 g/mol. The average Bonchev–Trinajstić information content (AvgIpc) is 3.53. The van der Waals surface area contributed by atoms with E-state index < -0.39 is 17.9 Å². The van der Waals surface area contributed by atoms with E-state index in [-0.39, 0.29) is 28.2 Å². The SMILES string of the molecule is Cc1cccc(N(C(=O)c2snc(C(N)=O)c2N)[C@@H](C(=O)NC2CCCC2)c2ccco2)c1. The number of furan rings is 1. The number of rotatable bonds is 7. The molecule has 5 N–H and O–H groups in total. The van der Waals surface area contributed by atoms with Gasteiger partial charge in [-0.25, -0.2) is 0 Å². The Labute approximate surface area is 194 Å². The molecule has 33 heavy (non-hydrogen) atoms. The third-order valence-corrected chi connectivity index (χ3v) is 6.53. The van der Waals surface area contributed by atoms with Crippen molar-refractivity contribution in [2.24, 2.45) is 5.73 Å². The van der Waals surface area contributed by atoms with E-state index in [1.54, 1.807) is 30.3 Å². The first-order valence-electron chi connectivity index (χ1n) is 10.7. The van der Waals surface area contributed by atoms with E-state index in [9.17, 15) is 14.4 Å². The Morgan fingerprint density at radius 1 is 1.21 bits per heavy atom. The van der Waals surface area contributed by atoms with Crippen molar-refractivity contribution in [3.63, 3.8) is 0 Å². The molecule has 172 valence electrons. The summed E-state index contributed by atoms with van der Waals surface area (Å²) >= 11 is 0.770. The predicted octanol–water partition coefficient (Wildman–Crippen LogP) is 3.17. The van der Waals surface area contributed by atoms with E-state index in [4.69, 9.17) is 15.9 Å². The molecule has 0 aliphatic heterocycles. The third-order valence-electron chi connectivity index (χ3n) is 5.68. The first kappa shape index (κ1) is 22.5. The summed E-state index contributed by atoms with van der Waals surface area (Å²) in [5.74, 6) is -1.46. The first-order chi connectivity index (χ1) is 15.9. The lowest BCUT2D eigenvalue weighted by atomic mass is 10.1. The van der Waals surface area contributed by atoms with Gasteiger partial charge in [0.25, 0.3) is 17.7 Å². The summed E-state index contributed by atoms with van der Waals surface area (Å²) in [6, 6.07) is 9.48. The number of carbonyl (C=O) groups excluding carboxylic acids is 3. The molecule has 1 aromatic carbocycles. The van der Waals surface area contributed by atoms with E-state index in [1.807, 2.05) is 13.0 Å². The zero-order chi connectivity index (χ0) is 23.5. The van der Waals surface area contributed by atoms with E-state index in [0.29, 0.717) is 11.4 Å². The van der Waals surface area contributed by atoms with Gasteiger partial charge in [-0.3, -0.25) is 19.3 Å². The minimum Gasteiger partial charge on any atom is -0.467 e. The molecule has 0 bridgehead atoms. The largest absolute Gasteiger partial charge is 0.467 e. The molecular formula is C23H25N5O4S. The van der Waals surface area contributed by atoms with Crippen LogP contribution in [0.4, 0.5) is 11.4 Å². The molecule has 0 saturated heterocycles. The van der Waals surface area contributed by atoms with Crippen molar-refractivity contribution in [1.82, 2.24) is 9.69 Å². The number of hydrogen-bond donors (Lipinski definition) is 3. The molecule has 3 aromatic rings. The third kappa shape index (κ3) is 4.61. The second kappa shape index (κ2) is 9.45. The summed E-state index contributed by atoms with van der Waals surface area (Å²) in [6.07, 6.45) is 5.32. The predicted molar refractivity (Wildman–Crippen MR) is 125 cm³/mol. The van der Waals surface area contributed by atoms with Crippen molar-refractivity contribution in [3.05, 3.63) is 64.6 Å². The Kier molecular flexibility index (Phi) is 6.45. The number of carbonyl (C=O) groups is 3.